The van der Waals surface area contributed by atoms with Gasteiger partial charge in [0.2, 0.25) is 0 Å². The molecule has 2 rings (SSSR count). The molecule has 1 aromatic rings. The predicted octanol–water partition coefficient (Wildman–Crippen LogP) is 2.52. The number of nitrogens with one attached hydrogen (secondary N) is 1. The fraction of sp³-hybridized carbons (Fsp3) is 0.500. The normalized spacial score (nSPS) is 18.8. The Kier molecular flexibility index (Phi) is 6.09. The number of nitrogens with zero attached hydrogens (tertiary/aromatic N) is 1. The Labute approximate surface area is 97.3 Å². The van der Waals surface area contributed by atoms with Gasteiger partial charge in [-0.25, -0.2) is 0 Å². The van der Waals surface area contributed by atoms with Crippen molar-refractivity contribution in [1.29, 1.82) is 0 Å². The third-order valence-corrected chi connectivity index (χ3v) is 2.54. The van der Waals surface area contributed by atoms with E-state index in [1.807, 2.05) is 19.3 Å². The van der Waals surface area contributed by atoms with Crippen LogP contribution in [0.5, 0.6) is 0 Å². The quantitative estimate of drug-likeness (QED) is 0.809. The summed E-state index contributed by atoms with van der Waals surface area (Å²) in [5, 5.41) is 3.30. The smallest absolute Gasteiger partial charge is 0.0604 e. The Morgan fingerprint density at radius 2 is 2.21 bits per heavy atom. The molecule has 0 amide bonds. The van der Waals surface area contributed by atoms with Crippen molar-refractivity contribution in [2.45, 2.75) is 25.3 Å². The summed E-state index contributed by atoms with van der Waals surface area (Å²) in [6, 6.07) is 4.69. The van der Waals surface area contributed by atoms with Gasteiger partial charge in [0, 0.05) is 12.2 Å². The first-order valence-corrected chi connectivity index (χ1v) is 4.53. The number of hydrogen-bond donors (Lipinski definition) is 1. The van der Waals surface area contributed by atoms with Gasteiger partial charge in [0.1, 0.15) is 0 Å². The lowest BCUT2D eigenvalue weighted by Gasteiger charge is -2.23. The molecule has 1 N–H and O–H groups in total. The van der Waals surface area contributed by atoms with Crippen LogP contribution in [-0.2, 0) is 6.42 Å². The summed E-state index contributed by atoms with van der Waals surface area (Å²) >= 11 is 0. The van der Waals surface area contributed by atoms with Gasteiger partial charge in [0.25, 0.3) is 0 Å². The van der Waals surface area contributed by atoms with Gasteiger partial charge in [-0.05, 0) is 37.9 Å². The molecular formula is C10H16Cl2N2. The van der Waals surface area contributed by atoms with Gasteiger partial charge in [-0.3, -0.25) is 4.98 Å². The summed E-state index contributed by atoms with van der Waals surface area (Å²) in [5.74, 6) is 0. The second-order valence-corrected chi connectivity index (χ2v) is 3.28. The van der Waals surface area contributed by atoms with Gasteiger partial charge in [-0.1, -0.05) is 6.07 Å². The summed E-state index contributed by atoms with van der Waals surface area (Å²) < 4.78 is 0. The summed E-state index contributed by atoms with van der Waals surface area (Å²) in [7, 11) is 2.01. The first-order valence-electron chi connectivity index (χ1n) is 4.53. The molecule has 0 aliphatic heterocycles. The van der Waals surface area contributed by atoms with E-state index in [1.165, 1.54) is 30.5 Å². The number of rotatable bonds is 1. The molecule has 1 heterocycles. The van der Waals surface area contributed by atoms with Crippen LogP contribution in [0.1, 0.15) is 30.1 Å². The minimum atomic E-state index is 0. The van der Waals surface area contributed by atoms with Crippen molar-refractivity contribution in [2.24, 2.45) is 0 Å². The van der Waals surface area contributed by atoms with E-state index in [4.69, 9.17) is 0 Å². The van der Waals surface area contributed by atoms with Crippen LogP contribution >= 0.6 is 24.8 Å². The van der Waals surface area contributed by atoms with Gasteiger partial charge in [-0.15, -0.1) is 24.8 Å². The molecule has 0 spiro atoms. The van der Waals surface area contributed by atoms with Crippen LogP contribution in [0.15, 0.2) is 18.3 Å². The largest absolute Gasteiger partial charge is 0.312 e. The Morgan fingerprint density at radius 1 is 1.43 bits per heavy atom. The number of halogens is 2. The molecule has 1 aromatic heterocycles. The summed E-state index contributed by atoms with van der Waals surface area (Å²) in [4.78, 5) is 4.41. The molecule has 1 atom stereocenters. The number of hydrogen-bond acceptors (Lipinski definition) is 2. The van der Waals surface area contributed by atoms with Gasteiger partial charge in [0.05, 0.1) is 5.69 Å². The van der Waals surface area contributed by atoms with Crippen molar-refractivity contribution < 1.29 is 0 Å². The Balaban J connectivity index is 0.000000845. The van der Waals surface area contributed by atoms with E-state index >= 15 is 0 Å². The molecular weight excluding hydrogens is 219 g/mol. The summed E-state index contributed by atoms with van der Waals surface area (Å²) in [5.41, 5.74) is 2.68. The molecule has 1 aliphatic carbocycles. The summed E-state index contributed by atoms with van der Waals surface area (Å²) in [6.07, 6.45) is 5.58. The average Bonchev–Trinajstić information content (AvgIpc) is 2.17. The van der Waals surface area contributed by atoms with Crippen molar-refractivity contribution in [2.75, 3.05) is 7.05 Å². The summed E-state index contributed by atoms with van der Waals surface area (Å²) in [6.45, 7) is 0. The van der Waals surface area contributed by atoms with E-state index in [-0.39, 0.29) is 24.8 Å². The minimum absolute atomic E-state index is 0. The highest BCUT2D eigenvalue weighted by molar-refractivity contribution is 5.85. The standard InChI is InChI=1S/C10H14N2.2ClH/c1-11-9-6-2-4-8-5-3-7-12-10(8)9;;/h3,5,7,9,11H,2,4,6H2,1H3;2*1H. The molecule has 0 bridgehead atoms. The first kappa shape index (κ1) is 13.7. The Hall–Kier alpha value is -0.310. The lowest BCUT2D eigenvalue weighted by Crippen LogP contribution is -2.22. The maximum Gasteiger partial charge on any atom is 0.0604 e. The van der Waals surface area contributed by atoms with E-state index < -0.39 is 0 Å². The fourth-order valence-electron chi connectivity index (χ4n) is 1.89. The lowest BCUT2D eigenvalue weighted by molar-refractivity contribution is 0.483. The first-order chi connectivity index (χ1) is 5.92. The highest BCUT2D eigenvalue weighted by Gasteiger charge is 2.18. The number of fused-ring (bicyclic) bond motifs is 1. The zero-order valence-corrected chi connectivity index (χ0v) is 9.83. The molecule has 0 aromatic carbocycles. The van der Waals surface area contributed by atoms with Crippen molar-refractivity contribution in [1.82, 2.24) is 10.3 Å². The SMILES string of the molecule is CNC1CCCc2cccnc21.Cl.Cl. The molecule has 2 nitrogen and oxygen atoms in total. The molecule has 80 valence electrons. The molecule has 0 radical (unpaired) electrons. The maximum absolute atomic E-state index is 4.41. The Bertz CT molecular complexity index is 279. The number of aryl methyl sites for hydroxylation is 1. The van der Waals surface area contributed by atoms with E-state index in [2.05, 4.69) is 16.4 Å². The van der Waals surface area contributed by atoms with E-state index in [1.54, 1.807) is 0 Å². The topological polar surface area (TPSA) is 24.9 Å². The third kappa shape index (κ3) is 2.59. The van der Waals surface area contributed by atoms with E-state index in [0.717, 1.165) is 0 Å². The fourth-order valence-corrected chi connectivity index (χ4v) is 1.89. The molecule has 0 fully saturated rings. The lowest BCUT2D eigenvalue weighted by atomic mass is 9.92. The van der Waals surface area contributed by atoms with Crippen LogP contribution in [0.3, 0.4) is 0 Å². The molecule has 14 heavy (non-hydrogen) atoms. The monoisotopic (exact) mass is 234 g/mol. The average molecular weight is 235 g/mol. The molecule has 0 saturated carbocycles. The van der Waals surface area contributed by atoms with Crippen molar-refractivity contribution >= 4 is 24.8 Å². The van der Waals surface area contributed by atoms with Crippen LogP contribution in [0.25, 0.3) is 0 Å². The van der Waals surface area contributed by atoms with Gasteiger partial charge in [0.15, 0.2) is 0 Å². The minimum Gasteiger partial charge on any atom is -0.312 e. The van der Waals surface area contributed by atoms with Crippen molar-refractivity contribution in [3.63, 3.8) is 0 Å². The second-order valence-electron chi connectivity index (χ2n) is 3.28. The molecule has 4 heteroatoms. The van der Waals surface area contributed by atoms with Crippen LogP contribution < -0.4 is 5.32 Å². The van der Waals surface area contributed by atoms with Crippen LogP contribution in [-0.4, -0.2) is 12.0 Å². The van der Waals surface area contributed by atoms with Gasteiger partial charge in [-0.2, -0.15) is 0 Å². The zero-order chi connectivity index (χ0) is 8.39. The highest BCUT2D eigenvalue weighted by atomic mass is 35.5. The van der Waals surface area contributed by atoms with Gasteiger partial charge >= 0.3 is 0 Å². The predicted molar refractivity (Wildman–Crippen MR) is 63.5 cm³/mol. The molecule has 0 saturated heterocycles. The van der Waals surface area contributed by atoms with Gasteiger partial charge < -0.3 is 5.32 Å². The van der Waals surface area contributed by atoms with Crippen LogP contribution in [0.4, 0.5) is 0 Å². The highest BCUT2D eigenvalue weighted by Crippen LogP contribution is 2.26. The van der Waals surface area contributed by atoms with E-state index in [9.17, 15) is 0 Å². The van der Waals surface area contributed by atoms with E-state index in [0.29, 0.717) is 6.04 Å². The molecule has 1 aliphatic rings. The van der Waals surface area contributed by atoms with Crippen molar-refractivity contribution in [3.8, 4) is 0 Å². The van der Waals surface area contributed by atoms with Crippen LogP contribution in [0.2, 0.25) is 0 Å². The number of pyridine rings is 1. The van der Waals surface area contributed by atoms with Crippen LogP contribution in [0, 0.1) is 0 Å². The maximum atomic E-state index is 4.41. The zero-order valence-electron chi connectivity index (χ0n) is 8.19. The Morgan fingerprint density at radius 3 is 2.93 bits per heavy atom. The van der Waals surface area contributed by atoms with Crippen molar-refractivity contribution in [3.05, 3.63) is 29.6 Å². The third-order valence-electron chi connectivity index (χ3n) is 2.54. The molecule has 1 unspecified atom stereocenters. The number of aromatic nitrogens is 1. The second kappa shape index (κ2) is 6.23.